The number of methoxy groups -OCH3 is 1. The number of ether oxygens (including phenoxy) is 2. The number of carbonyl (C=O) groups excluding carboxylic acids is 1. The van der Waals surface area contributed by atoms with E-state index in [0.717, 1.165) is 5.56 Å². The number of hydrogen-bond acceptors (Lipinski definition) is 3. The number of esters is 1. The number of carbonyl (C=O) groups is 1. The van der Waals surface area contributed by atoms with Crippen LogP contribution in [0.1, 0.15) is 5.56 Å². The molecule has 1 rings (SSSR count). The van der Waals surface area contributed by atoms with E-state index in [1.807, 2.05) is 31.2 Å². The molecule has 0 aliphatic carbocycles. The second-order valence-electron chi connectivity index (χ2n) is 2.68. The van der Waals surface area contributed by atoms with E-state index in [4.69, 9.17) is 4.74 Å². The molecule has 0 radical (unpaired) electrons. The molecule has 3 heteroatoms. The van der Waals surface area contributed by atoms with Crippen LogP contribution in [-0.4, -0.2) is 19.7 Å². The molecule has 0 spiro atoms. The van der Waals surface area contributed by atoms with E-state index in [2.05, 4.69) is 4.74 Å². The van der Waals surface area contributed by atoms with Crippen molar-refractivity contribution in [1.29, 1.82) is 0 Å². The molecule has 1 aromatic rings. The fraction of sp³-hybridized carbons (Fsp3) is 0.300. The zero-order valence-electron chi connectivity index (χ0n) is 7.74. The lowest BCUT2D eigenvalue weighted by Crippen LogP contribution is -2.12. The molecular formula is C10H12O3. The third-order valence-electron chi connectivity index (χ3n) is 1.61. The molecule has 0 aliphatic rings. The van der Waals surface area contributed by atoms with Crippen LogP contribution in [0.4, 0.5) is 0 Å². The van der Waals surface area contributed by atoms with Crippen LogP contribution in [0, 0.1) is 6.92 Å². The first-order valence-electron chi connectivity index (χ1n) is 3.98. The average molecular weight is 180 g/mol. The smallest absolute Gasteiger partial charge is 0.343 e. The summed E-state index contributed by atoms with van der Waals surface area (Å²) in [5.41, 5.74) is 1.16. The second-order valence-corrected chi connectivity index (χ2v) is 2.68. The number of hydrogen-bond donors (Lipinski definition) is 0. The van der Waals surface area contributed by atoms with Crippen LogP contribution < -0.4 is 4.74 Å². The fourth-order valence-corrected chi connectivity index (χ4v) is 0.836. The van der Waals surface area contributed by atoms with E-state index >= 15 is 0 Å². The lowest BCUT2D eigenvalue weighted by molar-refractivity contribution is -0.142. The van der Waals surface area contributed by atoms with Crippen molar-refractivity contribution in [3.05, 3.63) is 29.8 Å². The molecule has 13 heavy (non-hydrogen) atoms. The molecule has 0 atom stereocenters. The first kappa shape index (κ1) is 9.58. The van der Waals surface area contributed by atoms with Crippen molar-refractivity contribution in [3.8, 4) is 5.75 Å². The molecule has 0 saturated heterocycles. The van der Waals surface area contributed by atoms with Gasteiger partial charge in [-0.25, -0.2) is 4.79 Å². The summed E-state index contributed by atoms with van der Waals surface area (Å²) in [6.45, 7) is 1.95. The molecule has 70 valence electrons. The minimum absolute atomic E-state index is 0.0421. The van der Waals surface area contributed by atoms with Crippen molar-refractivity contribution < 1.29 is 14.3 Å². The van der Waals surface area contributed by atoms with Gasteiger partial charge in [0.25, 0.3) is 0 Å². The van der Waals surface area contributed by atoms with Gasteiger partial charge in [-0.15, -0.1) is 0 Å². The standard InChI is InChI=1S/C10H12O3/c1-8-3-5-9(6-4-8)13-7-10(11)12-2/h3-6H,7H2,1-2H3. The van der Waals surface area contributed by atoms with Crippen LogP contribution in [0.15, 0.2) is 24.3 Å². The number of aryl methyl sites for hydroxylation is 1. The molecule has 0 N–H and O–H groups in total. The maximum absolute atomic E-state index is 10.7. The van der Waals surface area contributed by atoms with Crippen LogP contribution in [-0.2, 0) is 9.53 Å². The van der Waals surface area contributed by atoms with E-state index in [9.17, 15) is 4.79 Å². The van der Waals surface area contributed by atoms with Gasteiger partial charge in [-0.2, -0.15) is 0 Å². The Hall–Kier alpha value is -1.51. The van der Waals surface area contributed by atoms with Crippen LogP contribution in [0.25, 0.3) is 0 Å². The molecule has 1 aromatic carbocycles. The van der Waals surface area contributed by atoms with Gasteiger partial charge in [0.05, 0.1) is 7.11 Å². The Kier molecular flexibility index (Phi) is 3.31. The van der Waals surface area contributed by atoms with Crippen LogP contribution in [0.2, 0.25) is 0 Å². The highest BCUT2D eigenvalue weighted by Crippen LogP contribution is 2.10. The Morgan fingerprint density at radius 3 is 2.46 bits per heavy atom. The average Bonchev–Trinajstić information content (AvgIpc) is 2.16. The summed E-state index contributed by atoms with van der Waals surface area (Å²) in [4.78, 5) is 10.7. The summed E-state index contributed by atoms with van der Waals surface area (Å²) >= 11 is 0. The van der Waals surface area contributed by atoms with E-state index in [-0.39, 0.29) is 12.6 Å². The molecule has 0 amide bonds. The highest BCUT2D eigenvalue weighted by Gasteiger charge is 2.00. The van der Waals surface area contributed by atoms with E-state index in [1.54, 1.807) is 0 Å². The van der Waals surface area contributed by atoms with Gasteiger partial charge in [0.15, 0.2) is 6.61 Å². The molecule has 0 bridgehead atoms. The Bertz CT molecular complexity index is 277. The quantitative estimate of drug-likeness (QED) is 0.662. The Morgan fingerprint density at radius 2 is 1.92 bits per heavy atom. The summed E-state index contributed by atoms with van der Waals surface area (Å²) in [7, 11) is 1.33. The predicted molar refractivity (Wildman–Crippen MR) is 48.7 cm³/mol. The van der Waals surface area contributed by atoms with Crippen molar-refractivity contribution in [1.82, 2.24) is 0 Å². The molecule has 0 fully saturated rings. The molecular weight excluding hydrogens is 168 g/mol. The topological polar surface area (TPSA) is 35.5 Å². The van der Waals surface area contributed by atoms with E-state index < -0.39 is 0 Å². The predicted octanol–water partition coefficient (Wildman–Crippen LogP) is 1.55. The summed E-state index contributed by atoms with van der Waals surface area (Å²) in [6, 6.07) is 7.48. The van der Waals surface area contributed by atoms with Crippen molar-refractivity contribution in [3.63, 3.8) is 0 Å². The van der Waals surface area contributed by atoms with Crippen molar-refractivity contribution >= 4 is 5.97 Å². The second kappa shape index (κ2) is 4.50. The van der Waals surface area contributed by atoms with Gasteiger partial charge < -0.3 is 9.47 Å². The van der Waals surface area contributed by atoms with Crippen LogP contribution in [0.3, 0.4) is 0 Å². The van der Waals surface area contributed by atoms with Gasteiger partial charge in [0, 0.05) is 0 Å². The highest BCUT2D eigenvalue weighted by atomic mass is 16.6. The fourth-order valence-electron chi connectivity index (χ4n) is 0.836. The largest absolute Gasteiger partial charge is 0.482 e. The summed E-state index contributed by atoms with van der Waals surface area (Å²) in [5.74, 6) is 0.302. The maximum atomic E-state index is 10.7. The van der Waals surface area contributed by atoms with Crippen LogP contribution in [0.5, 0.6) is 5.75 Å². The van der Waals surface area contributed by atoms with Crippen molar-refractivity contribution in [2.75, 3.05) is 13.7 Å². The molecule has 0 aromatic heterocycles. The third-order valence-corrected chi connectivity index (χ3v) is 1.61. The Labute approximate surface area is 77.3 Å². The number of rotatable bonds is 3. The molecule has 0 heterocycles. The van der Waals surface area contributed by atoms with Gasteiger partial charge in [0.1, 0.15) is 5.75 Å². The minimum atomic E-state index is -0.374. The van der Waals surface area contributed by atoms with Gasteiger partial charge >= 0.3 is 5.97 Å². The van der Waals surface area contributed by atoms with E-state index in [1.165, 1.54) is 7.11 Å². The SMILES string of the molecule is COC(=O)COc1ccc(C)cc1. The molecule has 3 nitrogen and oxygen atoms in total. The summed E-state index contributed by atoms with van der Waals surface area (Å²) in [5, 5.41) is 0. The molecule has 0 unspecified atom stereocenters. The lowest BCUT2D eigenvalue weighted by atomic mass is 10.2. The van der Waals surface area contributed by atoms with Gasteiger partial charge in [0.2, 0.25) is 0 Å². The lowest BCUT2D eigenvalue weighted by Gasteiger charge is -2.04. The zero-order valence-corrected chi connectivity index (χ0v) is 7.74. The summed E-state index contributed by atoms with van der Waals surface area (Å²) < 4.78 is 9.57. The van der Waals surface area contributed by atoms with Crippen molar-refractivity contribution in [2.24, 2.45) is 0 Å². The van der Waals surface area contributed by atoms with Crippen LogP contribution >= 0.6 is 0 Å². The summed E-state index contributed by atoms with van der Waals surface area (Å²) in [6.07, 6.45) is 0. The normalized spacial score (nSPS) is 9.38. The van der Waals surface area contributed by atoms with Crippen molar-refractivity contribution in [2.45, 2.75) is 6.92 Å². The van der Waals surface area contributed by atoms with Gasteiger partial charge in [-0.3, -0.25) is 0 Å². The first-order valence-corrected chi connectivity index (χ1v) is 3.98. The Balaban J connectivity index is 2.46. The third kappa shape index (κ3) is 3.15. The maximum Gasteiger partial charge on any atom is 0.343 e. The highest BCUT2D eigenvalue weighted by molar-refractivity contribution is 5.70. The minimum Gasteiger partial charge on any atom is -0.482 e. The zero-order chi connectivity index (χ0) is 9.68. The van der Waals surface area contributed by atoms with Gasteiger partial charge in [-0.1, -0.05) is 17.7 Å². The Morgan fingerprint density at radius 1 is 1.31 bits per heavy atom. The molecule has 0 saturated carbocycles. The van der Waals surface area contributed by atoms with E-state index in [0.29, 0.717) is 5.75 Å². The number of benzene rings is 1. The first-order chi connectivity index (χ1) is 6.22. The van der Waals surface area contributed by atoms with Gasteiger partial charge in [-0.05, 0) is 19.1 Å². The molecule has 0 aliphatic heterocycles. The monoisotopic (exact) mass is 180 g/mol.